The quantitative estimate of drug-likeness (QED) is 0.837. The van der Waals surface area contributed by atoms with E-state index < -0.39 is 6.23 Å². The van der Waals surface area contributed by atoms with E-state index in [2.05, 4.69) is 30.9 Å². The van der Waals surface area contributed by atoms with Gasteiger partial charge in [-0.3, -0.25) is 4.90 Å². The summed E-state index contributed by atoms with van der Waals surface area (Å²) in [5, 5.41) is 11.9. The van der Waals surface area contributed by atoms with Crippen LogP contribution in [0, 0.1) is 13.8 Å². The van der Waals surface area contributed by atoms with Crippen molar-refractivity contribution < 1.29 is 9.84 Å². The smallest absolute Gasteiger partial charge is 0.134 e. The Balaban J connectivity index is 1.95. The predicted octanol–water partition coefficient (Wildman–Crippen LogP) is 4.67. The van der Waals surface area contributed by atoms with Gasteiger partial charge in [0.1, 0.15) is 6.23 Å². The fourth-order valence-corrected chi connectivity index (χ4v) is 3.85. The Bertz CT molecular complexity index is 779. The lowest BCUT2D eigenvalue weighted by molar-refractivity contribution is -0.0579. The molecule has 1 heterocycles. The highest BCUT2D eigenvalue weighted by Gasteiger charge is 2.32. The van der Waals surface area contributed by atoms with E-state index in [-0.39, 0.29) is 6.04 Å². The average Bonchev–Trinajstić information content (AvgIpc) is 2.60. The third-order valence-electron chi connectivity index (χ3n) is 5.14. The van der Waals surface area contributed by atoms with Crippen molar-refractivity contribution in [2.75, 3.05) is 13.7 Å². The molecule has 5 heteroatoms. The number of aryl methyl sites for hydroxylation is 1. The van der Waals surface area contributed by atoms with Gasteiger partial charge in [-0.15, -0.1) is 0 Å². The van der Waals surface area contributed by atoms with Gasteiger partial charge in [-0.25, -0.2) is 0 Å². The number of benzene rings is 2. The largest absolute Gasteiger partial charge is 0.383 e. The molecule has 3 rings (SSSR count). The molecule has 2 atom stereocenters. The zero-order chi connectivity index (χ0) is 18.1. The highest BCUT2D eigenvalue weighted by atomic mass is 35.5. The van der Waals surface area contributed by atoms with Crippen molar-refractivity contribution in [1.29, 1.82) is 0 Å². The summed E-state index contributed by atoms with van der Waals surface area (Å²) >= 11 is 12.1. The first-order chi connectivity index (χ1) is 11.9. The fraction of sp³-hybridized carbons (Fsp3) is 0.400. The second kappa shape index (κ2) is 7.65. The predicted molar refractivity (Wildman–Crippen MR) is 102 cm³/mol. The van der Waals surface area contributed by atoms with Crippen molar-refractivity contribution in [3.05, 3.63) is 68.2 Å². The summed E-state index contributed by atoms with van der Waals surface area (Å²) in [6, 6.07) is 9.68. The summed E-state index contributed by atoms with van der Waals surface area (Å²) in [7, 11) is 1.70. The molecule has 2 unspecified atom stereocenters. The van der Waals surface area contributed by atoms with Crippen molar-refractivity contribution in [2.24, 2.45) is 0 Å². The van der Waals surface area contributed by atoms with E-state index in [4.69, 9.17) is 27.9 Å². The Morgan fingerprint density at radius 3 is 2.64 bits per heavy atom. The van der Waals surface area contributed by atoms with Gasteiger partial charge in [0, 0.05) is 19.7 Å². The van der Waals surface area contributed by atoms with Crippen LogP contribution in [0.1, 0.15) is 34.0 Å². The molecule has 1 N–H and O–H groups in total. The molecule has 0 fully saturated rings. The first-order valence-corrected chi connectivity index (χ1v) is 9.13. The number of fused-ring (bicyclic) bond motifs is 1. The lowest BCUT2D eigenvalue weighted by Crippen LogP contribution is -2.45. The number of ether oxygens (including phenoxy) is 1. The summed E-state index contributed by atoms with van der Waals surface area (Å²) in [4.78, 5) is 2.07. The highest BCUT2D eigenvalue weighted by Crippen LogP contribution is 2.34. The Kier molecular flexibility index (Phi) is 5.71. The van der Waals surface area contributed by atoms with Crippen LogP contribution in [0.15, 0.2) is 30.3 Å². The summed E-state index contributed by atoms with van der Waals surface area (Å²) in [5.74, 6) is 0. The molecule has 0 saturated heterocycles. The second-order valence-corrected chi connectivity index (χ2v) is 7.49. The zero-order valence-electron chi connectivity index (χ0n) is 14.7. The minimum atomic E-state index is -0.760. The van der Waals surface area contributed by atoms with Crippen LogP contribution in [-0.2, 0) is 17.7 Å². The van der Waals surface area contributed by atoms with Gasteiger partial charge in [0.25, 0.3) is 0 Å². The molecule has 0 amide bonds. The lowest BCUT2D eigenvalue weighted by atomic mass is 9.88. The molecule has 0 saturated carbocycles. The van der Waals surface area contributed by atoms with Crippen molar-refractivity contribution >= 4 is 23.2 Å². The summed E-state index contributed by atoms with van der Waals surface area (Å²) < 4.78 is 5.43. The van der Waals surface area contributed by atoms with E-state index in [1.54, 1.807) is 19.2 Å². The summed E-state index contributed by atoms with van der Waals surface area (Å²) in [5.41, 5.74) is 6.01. The maximum atomic E-state index is 11.0. The van der Waals surface area contributed by atoms with E-state index in [0.717, 1.165) is 12.0 Å². The third kappa shape index (κ3) is 3.71. The SMILES string of the molecule is COCC1Cc2c(ccc(C)c2C)CN1C(O)c1ccc(Cl)c(Cl)c1. The number of aliphatic hydroxyl groups excluding tert-OH is 1. The molecule has 25 heavy (non-hydrogen) atoms. The average molecular weight is 380 g/mol. The third-order valence-corrected chi connectivity index (χ3v) is 5.88. The number of aliphatic hydroxyl groups is 1. The van der Waals surface area contributed by atoms with Crippen molar-refractivity contribution in [3.8, 4) is 0 Å². The first kappa shape index (κ1) is 18.7. The van der Waals surface area contributed by atoms with E-state index >= 15 is 0 Å². The topological polar surface area (TPSA) is 32.7 Å². The Morgan fingerprint density at radius 2 is 1.96 bits per heavy atom. The maximum absolute atomic E-state index is 11.0. The number of nitrogens with zero attached hydrogens (tertiary/aromatic N) is 1. The number of hydrogen-bond donors (Lipinski definition) is 1. The highest BCUT2D eigenvalue weighted by molar-refractivity contribution is 6.42. The summed E-state index contributed by atoms with van der Waals surface area (Å²) in [6.45, 7) is 5.54. The Hall–Kier alpha value is -1.10. The molecule has 0 aliphatic carbocycles. The molecule has 0 bridgehead atoms. The zero-order valence-corrected chi connectivity index (χ0v) is 16.2. The normalized spacial score (nSPS) is 18.9. The molecule has 1 aliphatic rings. The van der Waals surface area contributed by atoms with Crippen LogP contribution in [0.25, 0.3) is 0 Å². The first-order valence-electron chi connectivity index (χ1n) is 8.38. The van der Waals surface area contributed by atoms with E-state index in [1.807, 2.05) is 6.07 Å². The molecule has 0 spiro atoms. The standard InChI is InChI=1S/C20H23Cl2NO2/c1-12-4-5-15-10-23(16(11-25-3)9-17(15)13(12)2)20(24)14-6-7-18(21)19(22)8-14/h4-8,16,20,24H,9-11H2,1-3H3. The molecule has 134 valence electrons. The molecule has 2 aromatic rings. The van der Waals surface area contributed by atoms with Crippen LogP contribution >= 0.6 is 23.2 Å². The van der Waals surface area contributed by atoms with Crippen molar-refractivity contribution in [1.82, 2.24) is 4.90 Å². The molecular weight excluding hydrogens is 357 g/mol. The number of rotatable bonds is 4. The molecule has 0 aromatic heterocycles. The van der Waals surface area contributed by atoms with Gasteiger partial charge >= 0.3 is 0 Å². The van der Waals surface area contributed by atoms with Gasteiger partial charge in [0.15, 0.2) is 0 Å². The van der Waals surface area contributed by atoms with E-state index in [9.17, 15) is 5.11 Å². The minimum absolute atomic E-state index is 0.0995. The molecule has 0 radical (unpaired) electrons. The van der Waals surface area contributed by atoms with E-state index in [1.165, 1.54) is 22.3 Å². The summed E-state index contributed by atoms with van der Waals surface area (Å²) in [6.07, 6.45) is 0.0967. The Labute approximate surface area is 159 Å². The van der Waals surface area contributed by atoms with Crippen LogP contribution in [0.3, 0.4) is 0 Å². The van der Waals surface area contributed by atoms with Gasteiger partial charge in [-0.2, -0.15) is 0 Å². The molecule has 3 nitrogen and oxygen atoms in total. The van der Waals surface area contributed by atoms with Crippen molar-refractivity contribution in [3.63, 3.8) is 0 Å². The van der Waals surface area contributed by atoms with Gasteiger partial charge in [0.05, 0.1) is 16.7 Å². The number of halogens is 2. The van der Waals surface area contributed by atoms with Crippen LogP contribution in [0.4, 0.5) is 0 Å². The van der Waals surface area contributed by atoms with Crippen LogP contribution in [0.2, 0.25) is 10.0 Å². The van der Waals surface area contributed by atoms with Gasteiger partial charge in [-0.05, 0) is 60.2 Å². The molecular formula is C20H23Cl2NO2. The Morgan fingerprint density at radius 1 is 1.20 bits per heavy atom. The van der Waals surface area contributed by atoms with E-state index in [0.29, 0.717) is 23.2 Å². The maximum Gasteiger partial charge on any atom is 0.134 e. The minimum Gasteiger partial charge on any atom is -0.383 e. The van der Waals surface area contributed by atoms with Gasteiger partial charge in [0.2, 0.25) is 0 Å². The lowest BCUT2D eigenvalue weighted by Gasteiger charge is -2.40. The van der Waals surface area contributed by atoms with Crippen LogP contribution < -0.4 is 0 Å². The fourth-order valence-electron chi connectivity index (χ4n) is 3.54. The second-order valence-electron chi connectivity index (χ2n) is 6.68. The van der Waals surface area contributed by atoms with Gasteiger partial charge < -0.3 is 9.84 Å². The van der Waals surface area contributed by atoms with Crippen LogP contribution in [-0.4, -0.2) is 29.8 Å². The number of hydrogen-bond acceptors (Lipinski definition) is 3. The van der Waals surface area contributed by atoms with Gasteiger partial charge in [-0.1, -0.05) is 41.4 Å². The molecule has 1 aliphatic heterocycles. The van der Waals surface area contributed by atoms with Crippen LogP contribution in [0.5, 0.6) is 0 Å². The van der Waals surface area contributed by atoms with Crippen molar-refractivity contribution in [2.45, 2.75) is 39.1 Å². The molecule has 2 aromatic carbocycles. The number of methoxy groups -OCH3 is 1. The monoisotopic (exact) mass is 379 g/mol.